The lowest BCUT2D eigenvalue weighted by molar-refractivity contribution is -0.385. The molecule has 0 aliphatic carbocycles. The maximum absolute atomic E-state index is 11.4. The first kappa shape index (κ1) is 12.7. The van der Waals surface area contributed by atoms with Crippen molar-refractivity contribution in [3.05, 3.63) is 38.8 Å². The first-order valence-electron chi connectivity index (χ1n) is 4.06. The number of nitro benzene ring substituents is 1. The average Bonchev–Trinajstić information content (AvgIpc) is 2.28. The normalized spacial score (nSPS) is 10.4. The van der Waals surface area contributed by atoms with E-state index < -0.39 is 19.8 Å². The van der Waals surface area contributed by atoms with Crippen LogP contribution in [-0.2, 0) is 10.0 Å². The van der Waals surface area contributed by atoms with E-state index in [9.17, 15) is 18.5 Å². The first-order chi connectivity index (χ1) is 7.92. The summed E-state index contributed by atoms with van der Waals surface area (Å²) >= 11 is 0. The third-order valence-corrected chi connectivity index (χ3v) is 2.96. The summed E-state index contributed by atoms with van der Waals surface area (Å²) in [4.78, 5) is 11.5. The molecule has 0 fully saturated rings. The Hall–Kier alpha value is -2.32. The number of hydrogen-bond donors (Lipinski definition) is 0. The van der Waals surface area contributed by atoms with Crippen LogP contribution >= 0.6 is 0 Å². The number of nitrogens with zero attached hydrogens (tertiary/aromatic N) is 4. The van der Waals surface area contributed by atoms with E-state index in [1.54, 1.807) is 0 Å². The lowest BCUT2D eigenvalue weighted by Gasteiger charge is -2.05. The molecular formula is C7H6N4O5S. The van der Waals surface area contributed by atoms with Crippen LogP contribution in [0.4, 0.5) is 5.69 Å². The second kappa shape index (κ2) is 4.68. The van der Waals surface area contributed by atoms with Crippen LogP contribution in [0.15, 0.2) is 27.6 Å². The summed E-state index contributed by atoms with van der Waals surface area (Å²) in [6.45, 7) is 0. The lowest BCUT2D eigenvalue weighted by atomic mass is 10.3. The number of non-ortho nitro benzene ring substituents is 1. The number of ether oxygens (including phenoxy) is 1. The zero-order valence-corrected chi connectivity index (χ0v) is 9.29. The van der Waals surface area contributed by atoms with Crippen molar-refractivity contribution in [1.82, 2.24) is 0 Å². The molecule has 0 bridgehead atoms. The van der Waals surface area contributed by atoms with Crippen molar-refractivity contribution < 1.29 is 18.1 Å². The Labute approximate surface area is 95.5 Å². The molecule has 0 N–H and O–H groups in total. The Kier molecular flexibility index (Phi) is 3.51. The van der Waals surface area contributed by atoms with Gasteiger partial charge in [0.1, 0.15) is 10.6 Å². The summed E-state index contributed by atoms with van der Waals surface area (Å²) in [5, 5.41) is 10.5. The van der Waals surface area contributed by atoms with Crippen molar-refractivity contribution in [3.8, 4) is 5.75 Å². The summed E-state index contributed by atoms with van der Waals surface area (Å²) in [5.74, 6) is -0.258. The van der Waals surface area contributed by atoms with Crippen LogP contribution < -0.4 is 4.74 Å². The Morgan fingerprint density at radius 1 is 1.53 bits per heavy atom. The SMILES string of the molecule is COc1cc([N+](=O)[O-])ccc1S(=O)(=O)N=[N+]=[N-]. The lowest BCUT2D eigenvalue weighted by Crippen LogP contribution is -2.00. The third kappa shape index (κ3) is 2.62. The summed E-state index contributed by atoms with van der Waals surface area (Å²) in [5.41, 5.74) is 7.77. The van der Waals surface area contributed by atoms with Gasteiger partial charge in [-0.3, -0.25) is 10.1 Å². The number of hydrogen-bond acceptors (Lipinski definition) is 5. The van der Waals surface area contributed by atoms with E-state index in [2.05, 4.69) is 9.43 Å². The molecule has 1 aromatic carbocycles. The molecule has 0 spiro atoms. The molecule has 0 aliphatic heterocycles. The van der Waals surface area contributed by atoms with Crippen molar-refractivity contribution in [2.24, 2.45) is 4.52 Å². The second-order valence-electron chi connectivity index (χ2n) is 2.74. The fourth-order valence-electron chi connectivity index (χ4n) is 1.07. The van der Waals surface area contributed by atoms with Gasteiger partial charge >= 0.3 is 0 Å². The van der Waals surface area contributed by atoms with E-state index in [1.807, 2.05) is 0 Å². The highest BCUT2D eigenvalue weighted by Gasteiger charge is 2.21. The zero-order valence-electron chi connectivity index (χ0n) is 8.47. The highest BCUT2D eigenvalue weighted by molar-refractivity contribution is 7.90. The fourth-order valence-corrected chi connectivity index (χ4v) is 1.90. The molecule has 0 saturated heterocycles. The van der Waals surface area contributed by atoms with Gasteiger partial charge in [0, 0.05) is 15.5 Å². The van der Waals surface area contributed by atoms with Gasteiger partial charge in [-0.25, -0.2) is 8.42 Å². The minimum atomic E-state index is -4.23. The monoisotopic (exact) mass is 258 g/mol. The molecule has 0 heterocycles. The molecule has 0 amide bonds. The van der Waals surface area contributed by atoms with Crippen LogP contribution in [0.2, 0.25) is 0 Å². The van der Waals surface area contributed by atoms with Crippen LogP contribution in [0, 0.1) is 10.1 Å². The van der Waals surface area contributed by atoms with Crippen molar-refractivity contribution >= 4 is 15.7 Å². The van der Waals surface area contributed by atoms with Crippen molar-refractivity contribution in [2.75, 3.05) is 7.11 Å². The number of methoxy groups -OCH3 is 1. The number of azide groups is 1. The minimum Gasteiger partial charge on any atom is -0.495 e. The molecule has 0 aromatic heterocycles. The molecule has 0 atom stereocenters. The van der Waals surface area contributed by atoms with Gasteiger partial charge in [-0.2, -0.15) is 0 Å². The molecule has 0 aliphatic rings. The molecule has 1 rings (SSSR count). The number of nitro groups is 1. The summed E-state index contributed by atoms with van der Waals surface area (Å²) in [7, 11) is -3.09. The molecule has 0 unspecified atom stereocenters. The fraction of sp³-hybridized carbons (Fsp3) is 0.143. The third-order valence-electron chi connectivity index (χ3n) is 1.78. The predicted octanol–water partition coefficient (Wildman–Crippen LogP) is 1.60. The van der Waals surface area contributed by atoms with Crippen LogP contribution in [0.5, 0.6) is 5.75 Å². The summed E-state index contributed by atoms with van der Waals surface area (Å²) in [6.07, 6.45) is 0. The molecule has 0 radical (unpaired) electrons. The van der Waals surface area contributed by atoms with Crippen LogP contribution in [0.3, 0.4) is 0 Å². The Bertz CT molecular complexity index is 605. The van der Waals surface area contributed by atoms with Gasteiger partial charge in [0.2, 0.25) is 0 Å². The number of benzene rings is 1. The van der Waals surface area contributed by atoms with Gasteiger partial charge in [-0.15, -0.1) is 0 Å². The molecule has 0 saturated carbocycles. The van der Waals surface area contributed by atoms with E-state index in [0.29, 0.717) is 0 Å². The maximum Gasteiger partial charge on any atom is 0.273 e. The predicted molar refractivity (Wildman–Crippen MR) is 56.0 cm³/mol. The summed E-state index contributed by atoms with van der Waals surface area (Å²) in [6, 6.07) is 2.85. The Morgan fingerprint density at radius 2 is 2.18 bits per heavy atom. The van der Waals surface area contributed by atoms with Crippen molar-refractivity contribution in [1.29, 1.82) is 0 Å². The summed E-state index contributed by atoms with van der Waals surface area (Å²) < 4.78 is 30.2. The van der Waals surface area contributed by atoms with E-state index >= 15 is 0 Å². The van der Waals surface area contributed by atoms with Crippen molar-refractivity contribution in [2.45, 2.75) is 4.90 Å². The first-order valence-corrected chi connectivity index (χ1v) is 5.50. The van der Waals surface area contributed by atoms with E-state index in [-0.39, 0.29) is 11.4 Å². The van der Waals surface area contributed by atoms with Crippen molar-refractivity contribution in [3.63, 3.8) is 0 Å². The average molecular weight is 258 g/mol. The largest absolute Gasteiger partial charge is 0.495 e. The topological polar surface area (TPSA) is 135 Å². The minimum absolute atomic E-state index is 0.258. The standard InChI is InChI=1S/C7H6N4O5S/c1-16-6-4-5(11(12)13)2-3-7(6)17(14,15)10-9-8/h2-4H,1H3. The number of sulfonamides is 1. The van der Waals surface area contributed by atoms with Gasteiger partial charge in [0.15, 0.2) is 0 Å². The van der Waals surface area contributed by atoms with E-state index in [0.717, 1.165) is 25.3 Å². The zero-order chi connectivity index (χ0) is 13.1. The molecule has 10 heteroatoms. The molecular weight excluding hydrogens is 252 g/mol. The van der Waals surface area contributed by atoms with Crippen LogP contribution in [0.1, 0.15) is 0 Å². The Morgan fingerprint density at radius 3 is 2.65 bits per heavy atom. The van der Waals surface area contributed by atoms with Gasteiger partial charge < -0.3 is 4.74 Å². The van der Waals surface area contributed by atoms with Gasteiger partial charge in [-0.1, -0.05) is 0 Å². The molecule has 90 valence electrons. The highest BCUT2D eigenvalue weighted by Crippen LogP contribution is 2.29. The van der Waals surface area contributed by atoms with Crippen LogP contribution in [-0.4, -0.2) is 20.5 Å². The second-order valence-corrected chi connectivity index (χ2v) is 4.29. The number of rotatable bonds is 4. The van der Waals surface area contributed by atoms with Gasteiger partial charge in [0.05, 0.1) is 18.1 Å². The quantitative estimate of drug-likeness (QED) is 0.265. The van der Waals surface area contributed by atoms with E-state index in [1.165, 1.54) is 0 Å². The van der Waals surface area contributed by atoms with Crippen LogP contribution in [0.25, 0.3) is 10.4 Å². The maximum atomic E-state index is 11.4. The Balaban J connectivity index is 3.47. The molecule has 9 nitrogen and oxygen atoms in total. The van der Waals surface area contributed by atoms with E-state index in [4.69, 9.17) is 10.3 Å². The van der Waals surface area contributed by atoms with Gasteiger partial charge in [-0.05, 0) is 11.6 Å². The molecule has 17 heavy (non-hydrogen) atoms. The highest BCUT2D eigenvalue weighted by atomic mass is 32.2. The smallest absolute Gasteiger partial charge is 0.273 e. The van der Waals surface area contributed by atoms with Gasteiger partial charge in [0.25, 0.3) is 15.7 Å². The molecule has 1 aromatic rings.